The number of hydrogen-bond acceptors (Lipinski definition) is 6. The number of nitrogens with one attached hydrogen (secondary N) is 1. The zero-order valence-electron chi connectivity index (χ0n) is 13.9. The number of aliphatic carboxylic acids is 1. The number of carboxylic acids is 1. The molecule has 27 heavy (non-hydrogen) atoms. The van der Waals surface area contributed by atoms with Crippen molar-refractivity contribution in [1.29, 1.82) is 0 Å². The van der Waals surface area contributed by atoms with Crippen molar-refractivity contribution in [2.24, 2.45) is 0 Å². The molecule has 0 bridgehead atoms. The van der Waals surface area contributed by atoms with E-state index in [0.29, 0.717) is 5.56 Å². The molecule has 1 heterocycles. The summed E-state index contributed by atoms with van der Waals surface area (Å²) in [6, 6.07) is 17.6. The maximum Gasteiger partial charge on any atom is 0.351 e. The molecule has 0 aliphatic heterocycles. The summed E-state index contributed by atoms with van der Waals surface area (Å²) < 4.78 is 32.8. The number of carbonyl (C=O) groups is 1. The fraction of sp³-hybridized carbons (Fsp3) is 0.167. The van der Waals surface area contributed by atoms with Gasteiger partial charge < -0.3 is 9.52 Å². The molecule has 1 aliphatic carbocycles. The van der Waals surface area contributed by atoms with Crippen molar-refractivity contribution in [1.82, 2.24) is 14.9 Å². The average Bonchev–Trinajstić information content (AvgIpc) is 3.16. The van der Waals surface area contributed by atoms with E-state index in [-0.39, 0.29) is 12.3 Å². The number of carboxylic acid groups (broad SMARTS) is 1. The van der Waals surface area contributed by atoms with E-state index in [1.54, 1.807) is 54.6 Å². The Balaban J connectivity index is 1.61. The Kier molecular flexibility index (Phi) is 4.05. The Bertz CT molecular complexity index is 1080. The van der Waals surface area contributed by atoms with Gasteiger partial charge in [0.1, 0.15) is 5.54 Å². The Labute approximate surface area is 154 Å². The van der Waals surface area contributed by atoms with Gasteiger partial charge >= 0.3 is 11.2 Å². The minimum atomic E-state index is -4.30. The van der Waals surface area contributed by atoms with E-state index >= 15 is 0 Å². The molecule has 3 aromatic rings. The van der Waals surface area contributed by atoms with E-state index in [1.165, 1.54) is 0 Å². The fourth-order valence-electron chi connectivity index (χ4n) is 3.04. The van der Waals surface area contributed by atoms with E-state index in [0.717, 1.165) is 5.56 Å². The Morgan fingerprint density at radius 3 is 2.33 bits per heavy atom. The summed E-state index contributed by atoms with van der Waals surface area (Å²) in [7, 11) is -4.30. The quantitative estimate of drug-likeness (QED) is 0.665. The maximum absolute atomic E-state index is 12.6. The van der Waals surface area contributed by atoms with Crippen molar-refractivity contribution in [3.05, 3.63) is 66.2 Å². The molecule has 0 spiro atoms. The largest absolute Gasteiger partial charge is 0.480 e. The third-order valence-electron chi connectivity index (χ3n) is 4.52. The molecule has 138 valence electrons. The molecule has 2 N–H and O–H groups in total. The Morgan fingerprint density at radius 2 is 1.70 bits per heavy atom. The molecule has 9 heteroatoms. The van der Waals surface area contributed by atoms with Crippen LogP contribution in [0.3, 0.4) is 0 Å². The van der Waals surface area contributed by atoms with Crippen molar-refractivity contribution in [3.63, 3.8) is 0 Å². The fourth-order valence-corrected chi connectivity index (χ4v) is 4.26. The zero-order chi connectivity index (χ0) is 19.1. The summed E-state index contributed by atoms with van der Waals surface area (Å²) in [6.07, 6.45) is 0.144. The lowest BCUT2D eigenvalue weighted by Crippen LogP contribution is -2.44. The van der Waals surface area contributed by atoms with Crippen molar-refractivity contribution < 1.29 is 22.7 Å². The lowest BCUT2D eigenvalue weighted by atomic mass is 10.1. The monoisotopic (exact) mass is 385 g/mol. The number of nitrogens with zero attached hydrogens (tertiary/aromatic N) is 2. The van der Waals surface area contributed by atoms with Crippen LogP contribution in [-0.4, -0.2) is 35.2 Å². The molecular formula is C18H15N3O5S. The predicted molar refractivity (Wildman–Crippen MR) is 94.2 cm³/mol. The van der Waals surface area contributed by atoms with Crippen molar-refractivity contribution in [2.45, 2.75) is 23.1 Å². The van der Waals surface area contributed by atoms with Crippen LogP contribution in [0.5, 0.6) is 0 Å². The third-order valence-corrected chi connectivity index (χ3v) is 5.78. The van der Waals surface area contributed by atoms with Crippen LogP contribution in [0.4, 0.5) is 0 Å². The predicted octanol–water partition coefficient (Wildman–Crippen LogP) is 2.03. The van der Waals surface area contributed by atoms with Crippen molar-refractivity contribution in [2.75, 3.05) is 0 Å². The smallest absolute Gasteiger partial charge is 0.351 e. The van der Waals surface area contributed by atoms with Gasteiger partial charge in [-0.1, -0.05) is 53.6 Å². The summed E-state index contributed by atoms with van der Waals surface area (Å²) in [4.78, 5) is 11.8. The molecule has 1 fully saturated rings. The SMILES string of the molecule is O=C(O)C1(NS(=O)(=O)c2nnc(-c3ccccc3)o2)CC1c1ccccc1. The van der Waals surface area contributed by atoms with Crippen LogP contribution >= 0.6 is 0 Å². The van der Waals surface area contributed by atoms with Crippen LogP contribution in [0.15, 0.2) is 70.3 Å². The van der Waals surface area contributed by atoms with E-state index in [2.05, 4.69) is 14.9 Å². The highest BCUT2D eigenvalue weighted by atomic mass is 32.2. The molecule has 0 radical (unpaired) electrons. The van der Waals surface area contributed by atoms with E-state index in [1.807, 2.05) is 6.07 Å². The molecule has 0 amide bonds. The maximum atomic E-state index is 12.6. The van der Waals surface area contributed by atoms with Gasteiger partial charge in [-0.2, -0.15) is 4.72 Å². The molecule has 4 rings (SSSR count). The highest BCUT2D eigenvalue weighted by Crippen LogP contribution is 2.52. The van der Waals surface area contributed by atoms with Gasteiger partial charge in [-0.25, -0.2) is 8.42 Å². The van der Waals surface area contributed by atoms with E-state index < -0.39 is 32.7 Å². The standard InChI is InChI=1S/C18H15N3O5S/c22-16(23)18(11-14(18)12-7-3-1-4-8-12)21-27(24,25)17-20-19-15(26-17)13-9-5-2-6-10-13/h1-10,14,21H,11H2,(H,22,23). The van der Waals surface area contributed by atoms with E-state index in [4.69, 9.17) is 4.42 Å². The molecule has 2 unspecified atom stereocenters. The van der Waals surface area contributed by atoms with Gasteiger partial charge in [-0.05, 0) is 24.1 Å². The Morgan fingerprint density at radius 1 is 1.07 bits per heavy atom. The average molecular weight is 385 g/mol. The first-order chi connectivity index (χ1) is 12.9. The first kappa shape index (κ1) is 17.4. The summed E-state index contributed by atoms with van der Waals surface area (Å²) >= 11 is 0. The highest BCUT2D eigenvalue weighted by molar-refractivity contribution is 7.89. The van der Waals surface area contributed by atoms with Crippen LogP contribution in [0.1, 0.15) is 17.9 Å². The molecule has 1 saturated carbocycles. The second-order valence-corrected chi connectivity index (χ2v) is 7.85. The topological polar surface area (TPSA) is 122 Å². The highest BCUT2D eigenvalue weighted by Gasteiger charge is 2.63. The van der Waals surface area contributed by atoms with Crippen LogP contribution in [0.2, 0.25) is 0 Å². The first-order valence-electron chi connectivity index (χ1n) is 8.14. The molecule has 1 aromatic heterocycles. The Hall–Kier alpha value is -3.04. The minimum absolute atomic E-state index is 0.0377. The summed E-state index contributed by atoms with van der Waals surface area (Å²) in [5.41, 5.74) is -0.312. The second-order valence-electron chi connectivity index (χ2n) is 6.29. The second kappa shape index (κ2) is 6.29. The number of rotatable bonds is 6. The van der Waals surface area contributed by atoms with Crippen LogP contribution in [0.25, 0.3) is 11.5 Å². The minimum Gasteiger partial charge on any atom is -0.480 e. The van der Waals surface area contributed by atoms with E-state index in [9.17, 15) is 18.3 Å². The lowest BCUT2D eigenvalue weighted by Gasteiger charge is -2.13. The zero-order valence-corrected chi connectivity index (χ0v) is 14.8. The molecule has 2 atom stereocenters. The van der Waals surface area contributed by atoms with Crippen LogP contribution in [-0.2, 0) is 14.8 Å². The summed E-state index contributed by atoms with van der Waals surface area (Å²) in [5.74, 6) is -1.68. The summed E-state index contributed by atoms with van der Waals surface area (Å²) in [5, 5.41) is 16.3. The van der Waals surface area contributed by atoms with Crippen molar-refractivity contribution >= 4 is 16.0 Å². The van der Waals surface area contributed by atoms with Gasteiger partial charge in [0.2, 0.25) is 5.89 Å². The number of benzene rings is 2. The molecule has 1 aliphatic rings. The first-order valence-corrected chi connectivity index (χ1v) is 9.62. The summed E-state index contributed by atoms with van der Waals surface area (Å²) in [6.45, 7) is 0. The lowest BCUT2D eigenvalue weighted by molar-refractivity contribution is -0.140. The van der Waals surface area contributed by atoms with Gasteiger partial charge in [0.05, 0.1) is 0 Å². The van der Waals surface area contributed by atoms with Gasteiger partial charge in [-0.15, -0.1) is 5.10 Å². The van der Waals surface area contributed by atoms with Gasteiger partial charge in [0, 0.05) is 11.5 Å². The molecule has 2 aromatic carbocycles. The number of hydrogen-bond donors (Lipinski definition) is 2. The molecule has 0 saturated heterocycles. The van der Waals surface area contributed by atoms with Crippen LogP contribution < -0.4 is 4.72 Å². The van der Waals surface area contributed by atoms with Crippen LogP contribution in [0, 0.1) is 0 Å². The third kappa shape index (κ3) is 3.11. The van der Waals surface area contributed by atoms with Crippen molar-refractivity contribution in [3.8, 4) is 11.5 Å². The number of sulfonamides is 1. The van der Waals surface area contributed by atoms with Gasteiger partial charge in [0.25, 0.3) is 10.0 Å². The number of aromatic nitrogens is 2. The van der Waals surface area contributed by atoms with Gasteiger partial charge in [-0.3, -0.25) is 4.79 Å². The normalized spacial score (nSPS) is 21.7. The molecular weight excluding hydrogens is 370 g/mol. The van der Waals surface area contributed by atoms with Gasteiger partial charge in [0.15, 0.2) is 0 Å². The molecule has 8 nitrogen and oxygen atoms in total.